The molecule has 3 rings (SSSR count). The summed E-state index contributed by atoms with van der Waals surface area (Å²) in [6, 6.07) is 6.60. The zero-order valence-corrected chi connectivity index (χ0v) is 13.0. The maximum absolute atomic E-state index is 12.4. The van der Waals surface area contributed by atoms with Crippen molar-refractivity contribution < 1.29 is 14.3 Å². The lowest BCUT2D eigenvalue weighted by molar-refractivity contribution is -0.118. The van der Waals surface area contributed by atoms with Crippen LogP contribution in [-0.2, 0) is 4.79 Å². The summed E-state index contributed by atoms with van der Waals surface area (Å²) >= 11 is 0. The van der Waals surface area contributed by atoms with E-state index in [9.17, 15) is 14.4 Å². The summed E-state index contributed by atoms with van der Waals surface area (Å²) in [4.78, 5) is 44.1. The van der Waals surface area contributed by atoms with Crippen molar-refractivity contribution in [2.75, 3.05) is 11.9 Å². The van der Waals surface area contributed by atoms with E-state index in [4.69, 9.17) is 10.5 Å². The summed E-state index contributed by atoms with van der Waals surface area (Å²) in [5.41, 5.74) is 5.71. The Labute approximate surface area is 141 Å². The average Bonchev–Trinajstić information content (AvgIpc) is 3.02. The first kappa shape index (κ1) is 16.2. The molecule has 3 aromatic rings. The standard InChI is InChI=1S/C16H15N5O4/c17-12(22)5-6-25-10-3-1-9(2-4-10)21-15(23)11-7-18-14-13(11)16(24)20-8-19-14/h1-4,7-8H,5-6H2,(H2,17,22)(H,21,23)(H2,18,19,20,24). The third kappa shape index (κ3) is 3.66. The lowest BCUT2D eigenvalue weighted by Crippen LogP contribution is -2.15. The van der Waals surface area contributed by atoms with E-state index in [-0.39, 0.29) is 24.0 Å². The number of hydrogen-bond donors (Lipinski definition) is 4. The number of aromatic nitrogens is 3. The summed E-state index contributed by atoms with van der Waals surface area (Å²) in [5, 5.41) is 2.90. The Morgan fingerprint density at radius 1 is 1.20 bits per heavy atom. The number of nitrogens with one attached hydrogen (secondary N) is 3. The fourth-order valence-electron chi connectivity index (χ4n) is 2.25. The number of nitrogens with zero attached hydrogens (tertiary/aromatic N) is 1. The molecule has 0 radical (unpaired) electrons. The SMILES string of the molecule is NC(=O)CCOc1ccc(NC(=O)c2c[nH]c3nc[nH]c(=O)c23)cc1. The molecular weight excluding hydrogens is 326 g/mol. The first-order valence-corrected chi connectivity index (χ1v) is 7.42. The van der Waals surface area contributed by atoms with Gasteiger partial charge in [0.05, 0.1) is 30.3 Å². The lowest BCUT2D eigenvalue weighted by Gasteiger charge is -2.07. The average molecular weight is 341 g/mol. The van der Waals surface area contributed by atoms with Gasteiger partial charge in [-0.3, -0.25) is 14.4 Å². The normalized spacial score (nSPS) is 10.6. The van der Waals surface area contributed by atoms with Crippen LogP contribution in [0.1, 0.15) is 16.8 Å². The quantitative estimate of drug-likeness (QED) is 0.523. The van der Waals surface area contributed by atoms with Crippen molar-refractivity contribution in [3.05, 3.63) is 52.7 Å². The highest BCUT2D eigenvalue weighted by Crippen LogP contribution is 2.18. The van der Waals surface area contributed by atoms with E-state index >= 15 is 0 Å². The van der Waals surface area contributed by atoms with Crippen molar-refractivity contribution in [2.45, 2.75) is 6.42 Å². The zero-order valence-electron chi connectivity index (χ0n) is 13.0. The van der Waals surface area contributed by atoms with Crippen molar-refractivity contribution in [3.63, 3.8) is 0 Å². The first-order chi connectivity index (χ1) is 12.0. The van der Waals surface area contributed by atoms with Crippen LogP contribution in [0.3, 0.4) is 0 Å². The van der Waals surface area contributed by atoms with Gasteiger partial charge in [-0.15, -0.1) is 0 Å². The van der Waals surface area contributed by atoms with Crippen LogP contribution in [0, 0.1) is 0 Å². The number of carbonyl (C=O) groups excluding carboxylic acids is 2. The van der Waals surface area contributed by atoms with Gasteiger partial charge in [0.2, 0.25) is 5.91 Å². The minimum Gasteiger partial charge on any atom is -0.493 e. The topological polar surface area (TPSA) is 143 Å². The molecule has 2 amide bonds. The van der Waals surface area contributed by atoms with Crippen molar-refractivity contribution in [3.8, 4) is 5.75 Å². The number of primary amides is 1. The molecule has 0 spiro atoms. The molecule has 0 aliphatic heterocycles. The zero-order chi connectivity index (χ0) is 17.8. The Bertz CT molecular complexity index is 974. The number of benzene rings is 1. The smallest absolute Gasteiger partial charge is 0.261 e. The molecule has 0 saturated heterocycles. The minimum absolute atomic E-state index is 0.127. The highest BCUT2D eigenvalue weighted by Gasteiger charge is 2.15. The Hall–Kier alpha value is -3.62. The van der Waals surface area contributed by atoms with Gasteiger partial charge in [-0.1, -0.05) is 0 Å². The van der Waals surface area contributed by atoms with Gasteiger partial charge in [0.15, 0.2) is 0 Å². The number of rotatable bonds is 6. The summed E-state index contributed by atoms with van der Waals surface area (Å²) in [6.07, 6.45) is 2.82. The number of carbonyl (C=O) groups is 2. The van der Waals surface area contributed by atoms with Crippen LogP contribution in [0.15, 0.2) is 41.6 Å². The van der Waals surface area contributed by atoms with E-state index in [1.54, 1.807) is 24.3 Å². The number of nitrogens with two attached hydrogens (primary N) is 1. The molecular formula is C16H15N5O4. The molecule has 0 aliphatic rings. The summed E-state index contributed by atoms with van der Waals surface area (Å²) in [6.45, 7) is 0.187. The van der Waals surface area contributed by atoms with Crippen LogP contribution in [0.25, 0.3) is 11.0 Å². The Balaban J connectivity index is 1.70. The van der Waals surface area contributed by atoms with Crippen LogP contribution < -0.4 is 21.3 Å². The van der Waals surface area contributed by atoms with Gasteiger partial charge in [-0.2, -0.15) is 0 Å². The molecule has 0 unspecified atom stereocenters. The van der Waals surface area contributed by atoms with Gasteiger partial charge in [-0.05, 0) is 24.3 Å². The van der Waals surface area contributed by atoms with Crippen molar-refractivity contribution in [1.82, 2.24) is 15.0 Å². The highest BCUT2D eigenvalue weighted by atomic mass is 16.5. The largest absolute Gasteiger partial charge is 0.493 e. The predicted octanol–water partition coefficient (Wildman–Crippen LogP) is 0.758. The van der Waals surface area contributed by atoms with E-state index < -0.39 is 17.4 Å². The number of fused-ring (bicyclic) bond motifs is 1. The van der Waals surface area contributed by atoms with E-state index in [1.807, 2.05) is 0 Å². The second-order valence-electron chi connectivity index (χ2n) is 5.20. The summed E-state index contributed by atoms with van der Waals surface area (Å²) in [7, 11) is 0. The first-order valence-electron chi connectivity index (χ1n) is 7.42. The molecule has 9 nitrogen and oxygen atoms in total. The predicted molar refractivity (Wildman–Crippen MR) is 90.4 cm³/mol. The van der Waals surface area contributed by atoms with Crippen molar-refractivity contribution >= 4 is 28.5 Å². The second kappa shape index (κ2) is 6.87. The molecule has 128 valence electrons. The number of hydrogen-bond acceptors (Lipinski definition) is 5. The number of amides is 2. The molecule has 0 atom stereocenters. The summed E-state index contributed by atoms with van der Waals surface area (Å²) < 4.78 is 5.35. The Kier molecular flexibility index (Phi) is 4.46. The Morgan fingerprint density at radius 2 is 1.96 bits per heavy atom. The molecule has 0 saturated carbocycles. The second-order valence-corrected chi connectivity index (χ2v) is 5.20. The van der Waals surface area contributed by atoms with Crippen molar-refractivity contribution in [2.24, 2.45) is 5.73 Å². The lowest BCUT2D eigenvalue weighted by atomic mass is 10.2. The Morgan fingerprint density at radius 3 is 2.68 bits per heavy atom. The van der Waals surface area contributed by atoms with E-state index in [0.29, 0.717) is 17.1 Å². The molecule has 2 aromatic heterocycles. The summed E-state index contributed by atoms with van der Waals surface area (Å²) in [5.74, 6) is -0.328. The van der Waals surface area contributed by atoms with Gasteiger partial charge in [0.25, 0.3) is 11.5 Å². The third-order valence-corrected chi connectivity index (χ3v) is 3.45. The van der Waals surface area contributed by atoms with E-state index in [1.165, 1.54) is 12.5 Å². The number of aromatic amines is 2. The number of anilines is 1. The number of H-pyrrole nitrogens is 2. The van der Waals surface area contributed by atoms with E-state index in [0.717, 1.165) is 0 Å². The van der Waals surface area contributed by atoms with Crippen LogP contribution in [-0.4, -0.2) is 33.4 Å². The fourth-order valence-corrected chi connectivity index (χ4v) is 2.25. The van der Waals surface area contributed by atoms with Crippen LogP contribution in [0.5, 0.6) is 5.75 Å². The molecule has 1 aromatic carbocycles. The van der Waals surface area contributed by atoms with E-state index in [2.05, 4.69) is 20.3 Å². The van der Waals surface area contributed by atoms with Gasteiger partial charge in [-0.25, -0.2) is 4.98 Å². The molecule has 5 N–H and O–H groups in total. The van der Waals surface area contributed by atoms with Crippen LogP contribution in [0.4, 0.5) is 5.69 Å². The van der Waals surface area contributed by atoms with Crippen LogP contribution >= 0.6 is 0 Å². The highest BCUT2D eigenvalue weighted by molar-refractivity contribution is 6.12. The molecule has 0 bridgehead atoms. The molecule has 2 heterocycles. The maximum Gasteiger partial charge on any atom is 0.261 e. The van der Waals surface area contributed by atoms with Gasteiger partial charge in [0, 0.05) is 11.9 Å². The van der Waals surface area contributed by atoms with Crippen molar-refractivity contribution in [1.29, 1.82) is 0 Å². The molecule has 0 aliphatic carbocycles. The third-order valence-electron chi connectivity index (χ3n) is 3.45. The fraction of sp³-hybridized carbons (Fsp3) is 0.125. The molecule has 0 fully saturated rings. The molecule has 9 heteroatoms. The monoisotopic (exact) mass is 341 g/mol. The minimum atomic E-state index is -0.438. The van der Waals surface area contributed by atoms with Gasteiger partial charge in [0.1, 0.15) is 11.4 Å². The van der Waals surface area contributed by atoms with Crippen LogP contribution in [0.2, 0.25) is 0 Å². The van der Waals surface area contributed by atoms with Gasteiger partial charge < -0.3 is 25.8 Å². The van der Waals surface area contributed by atoms with Gasteiger partial charge >= 0.3 is 0 Å². The number of ether oxygens (including phenoxy) is 1. The molecule has 25 heavy (non-hydrogen) atoms. The maximum atomic E-state index is 12.4.